The van der Waals surface area contributed by atoms with E-state index < -0.39 is 12.1 Å². The zero-order valence-corrected chi connectivity index (χ0v) is 28.3. The van der Waals surface area contributed by atoms with Crippen LogP contribution < -0.4 is 24.3 Å². The average molecular weight is 655 g/mol. The number of likely N-dealkylation sites (N-methyl/N-ethyl adjacent to an activating group) is 1. The molecule has 3 aromatic carbocycles. The molecule has 1 fully saturated rings. The number of carbonyl (C=O) groups is 1. The molecular weight excluding hydrogens is 612 g/mol. The van der Waals surface area contributed by atoms with Crippen molar-refractivity contribution in [3.63, 3.8) is 0 Å². The van der Waals surface area contributed by atoms with E-state index in [9.17, 15) is 15.2 Å². The van der Waals surface area contributed by atoms with Crippen LogP contribution in [0.15, 0.2) is 30.3 Å². The van der Waals surface area contributed by atoms with E-state index in [1.807, 2.05) is 45.0 Å². The first-order chi connectivity index (χ1) is 23.2. The smallest absolute Gasteiger partial charge is 0.231 e. The standard InChI is InChI=1S/C37H42N4O7/c1-19-7-9-22(10-8-19)12-29(42)39-16-28-31-24(33(43)21(3)35-37(31)48-18-47-35)14-26-32-30-23(13-25(40(32)4)27(15-38)41(26)28)11-20(2)34(45-6)36(30)46-17-44-5/h7-11,25-28,32,43H,12-14,16-18H2,1-6H3,(H,39,42)/t25-,26-,27-,28-,32-/m0/s1. The molecule has 3 aromatic rings. The van der Waals surface area contributed by atoms with Crippen molar-refractivity contribution in [2.24, 2.45) is 0 Å². The van der Waals surface area contributed by atoms with E-state index in [0.29, 0.717) is 41.4 Å². The van der Waals surface area contributed by atoms with Crippen LogP contribution >= 0.6 is 0 Å². The first-order valence-electron chi connectivity index (χ1n) is 16.4. The van der Waals surface area contributed by atoms with E-state index in [-0.39, 0.29) is 56.3 Å². The fraction of sp³-hybridized carbons (Fsp3) is 0.459. The van der Waals surface area contributed by atoms with Gasteiger partial charge >= 0.3 is 0 Å². The maximum Gasteiger partial charge on any atom is 0.231 e. The zero-order valence-electron chi connectivity index (χ0n) is 28.3. The van der Waals surface area contributed by atoms with E-state index in [1.165, 1.54) is 0 Å². The van der Waals surface area contributed by atoms with E-state index in [1.54, 1.807) is 14.2 Å². The van der Waals surface area contributed by atoms with Crippen LogP contribution in [0.2, 0.25) is 0 Å². The topological polar surface area (TPSA) is 126 Å². The number of methoxy groups -OCH3 is 2. The Morgan fingerprint density at radius 1 is 1.06 bits per heavy atom. The molecule has 0 saturated carbocycles. The molecule has 2 N–H and O–H groups in total. The summed E-state index contributed by atoms with van der Waals surface area (Å²) in [6, 6.07) is 11.1. The fourth-order valence-corrected chi connectivity index (χ4v) is 8.44. The van der Waals surface area contributed by atoms with Crippen molar-refractivity contribution in [1.82, 2.24) is 15.1 Å². The van der Waals surface area contributed by atoms with Crippen LogP contribution in [0.5, 0.6) is 28.7 Å². The Labute approximate surface area is 280 Å². The maximum atomic E-state index is 13.4. The third kappa shape index (κ3) is 5.02. The molecule has 252 valence electrons. The summed E-state index contributed by atoms with van der Waals surface area (Å²) in [4.78, 5) is 18.0. The number of aryl methyl sites for hydroxylation is 2. The monoisotopic (exact) mass is 654 g/mol. The van der Waals surface area contributed by atoms with Gasteiger partial charge in [-0.25, -0.2) is 0 Å². The summed E-state index contributed by atoms with van der Waals surface area (Å²) in [6.45, 7) is 6.13. The minimum absolute atomic E-state index is 0.0321. The Morgan fingerprint density at radius 3 is 2.52 bits per heavy atom. The molecule has 7 rings (SSSR count). The number of nitriles is 1. The van der Waals surface area contributed by atoms with Gasteiger partial charge in [0.05, 0.1) is 31.7 Å². The highest BCUT2D eigenvalue weighted by Gasteiger charge is 2.56. The molecule has 4 aliphatic rings. The lowest BCUT2D eigenvalue weighted by Gasteiger charge is -2.60. The summed E-state index contributed by atoms with van der Waals surface area (Å²) >= 11 is 0. The summed E-state index contributed by atoms with van der Waals surface area (Å²) in [5, 5.41) is 25.8. The van der Waals surface area contributed by atoms with Crippen molar-refractivity contribution in [1.29, 1.82) is 5.26 Å². The maximum absolute atomic E-state index is 13.4. The summed E-state index contributed by atoms with van der Waals surface area (Å²) in [6.07, 6.45) is 1.28. The number of nitrogens with one attached hydrogen (secondary N) is 1. The molecule has 0 spiro atoms. The number of hydrogen-bond acceptors (Lipinski definition) is 10. The van der Waals surface area contributed by atoms with Gasteiger partial charge in [-0.3, -0.25) is 14.6 Å². The Hall–Kier alpha value is -4.50. The van der Waals surface area contributed by atoms with Gasteiger partial charge in [0.15, 0.2) is 29.8 Å². The number of hydrogen-bond donors (Lipinski definition) is 2. The van der Waals surface area contributed by atoms with Crippen molar-refractivity contribution < 1.29 is 33.6 Å². The predicted molar refractivity (Wildman–Crippen MR) is 177 cm³/mol. The van der Waals surface area contributed by atoms with Gasteiger partial charge in [0.2, 0.25) is 12.7 Å². The van der Waals surface area contributed by atoms with E-state index >= 15 is 0 Å². The largest absolute Gasteiger partial charge is 0.507 e. The number of nitrogens with zero attached hydrogens (tertiary/aromatic N) is 3. The average Bonchev–Trinajstić information content (AvgIpc) is 3.56. The van der Waals surface area contributed by atoms with Gasteiger partial charge in [-0.1, -0.05) is 35.9 Å². The Morgan fingerprint density at radius 2 is 1.81 bits per heavy atom. The van der Waals surface area contributed by atoms with Crippen molar-refractivity contribution in [3.05, 3.63) is 74.8 Å². The second-order valence-electron chi connectivity index (χ2n) is 13.3. The lowest BCUT2D eigenvalue weighted by Crippen LogP contribution is -2.68. The Bertz CT molecular complexity index is 1800. The fourth-order valence-electron chi connectivity index (χ4n) is 8.44. The minimum atomic E-state index is -0.524. The number of piperazine rings is 1. The quantitative estimate of drug-likeness (QED) is 0.342. The molecule has 4 aliphatic heterocycles. The lowest BCUT2D eigenvalue weighted by atomic mass is 9.71. The van der Waals surface area contributed by atoms with Gasteiger partial charge in [0.25, 0.3) is 0 Å². The van der Waals surface area contributed by atoms with Gasteiger partial charge in [0, 0.05) is 48.0 Å². The van der Waals surface area contributed by atoms with Crippen LogP contribution in [-0.2, 0) is 28.8 Å². The van der Waals surface area contributed by atoms with Gasteiger partial charge in [-0.15, -0.1) is 0 Å². The highest BCUT2D eigenvalue weighted by Crippen LogP contribution is 2.58. The number of ether oxygens (including phenoxy) is 5. The normalized spacial score (nSPS) is 23.8. The van der Waals surface area contributed by atoms with Crippen LogP contribution in [0.4, 0.5) is 0 Å². The molecule has 11 nitrogen and oxygen atoms in total. The SMILES string of the molecule is COCOc1c(OC)c(C)cc2c1[C@@H]1[C@@H]3Cc4c(O)c(C)c5c(c4[C@H](CNC(=O)Cc4ccc(C)cc4)N3[C@@H](C#N)[C@H](C2)N1C)OCO5. The van der Waals surface area contributed by atoms with Gasteiger partial charge in [0.1, 0.15) is 11.8 Å². The minimum Gasteiger partial charge on any atom is -0.507 e. The predicted octanol–water partition coefficient (Wildman–Crippen LogP) is 4.17. The first kappa shape index (κ1) is 32.1. The number of amides is 1. The number of aromatic hydroxyl groups is 1. The lowest BCUT2D eigenvalue weighted by molar-refractivity contribution is -0.121. The van der Waals surface area contributed by atoms with Crippen LogP contribution in [0, 0.1) is 32.1 Å². The van der Waals surface area contributed by atoms with Crippen LogP contribution in [-0.4, -0.2) is 80.3 Å². The zero-order chi connectivity index (χ0) is 33.9. The molecule has 1 saturated heterocycles. The van der Waals surface area contributed by atoms with Crippen molar-refractivity contribution in [2.75, 3.05) is 41.4 Å². The second-order valence-corrected chi connectivity index (χ2v) is 13.3. The number of fused-ring (bicyclic) bond motifs is 9. The number of phenols is 1. The third-order valence-electron chi connectivity index (χ3n) is 10.6. The molecule has 2 bridgehead atoms. The van der Waals surface area contributed by atoms with Crippen LogP contribution in [0.1, 0.15) is 56.6 Å². The molecule has 48 heavy (non-hydrogen) atoms. The molecular formula is C37H42N4O7. The first-order valence-corrected chi connectivity index (χ1v) is 16.4. The van der Waals surface area contributed by atoms with Crippen LogP contribution in [0.25, 0.3) is 0 Å². The molecule has 5 atom stereocenters. The number of carbonyl (C=O) groups excluding carboxylic acids is 1. The molecule has 0 unspecified atom stereocenters. The van der Waals surface area contributed by atoms with Crippen molar-refractivity contribution >= 4 is 5.91 Å². The molecule has 0 aromatic heterocycles. The highest BCUT2D eigenvalue weighted by molar-refractivity contribution is 5.78. The Balaban J connectivity index is 1.37. The number of benzene rings is 3. The summed E-state index contributed by atoms with van der Waals surface area (Å²) in [5.41, 5.74) is 7.20. The molecule has 0 radical (unpaired) electrons. The van der Waals surface area contributed by atoms with Crippen LogP contribution in [0.3, 0.4) is 0 Å². The summed E-state index contributed by atoms with van der Waals surface area (Å²) in [7, 11) is 5.28. The van der Waals surface area contributed by atoms with Gasteiger partial charge in [-0.2, -0.15) is 5.26 Å². The van der Waals surface area contributed by atoms with E-state index in [2.05, 4.69) is 34.3 Å². The molecule has 0 aliphatic carbocycles. The van der Waals surface area contributed by atoms with E-state index in [0.717, 1.165) is 38.9 Å². The van der Waals surface area contributed by atoms with Crippen molar-refractivity contribution in [3.8, 4) is 34.8 Å². The molecule has 4 heterocycles. The third-order valence-corrected chi connectivity index (χ3v) is 10.6. The number of rotatable bonds is 8. The highest BCUT2D eigenvalue weighted by atomic mass is 16.7. The summed E-state index contributed by atoms with van der Waals surface area (Å²) in [5.74, 6) is 2.36. The number of phenolic OH excluding ortho intramolecular Hbond substituents is 1. The van der Waals surface area contributed by atoms with Gasteiger partial charge < -0.3 is 34.1 Å². The van der Waals surface area contributed by atoms with Crippen molar-refractivity contribution in [2.45, 2.75) is 70.2 Å². The summed E-state index contributed by atoms with van der Waals surface area (Å²) < 4.78 is 29.4. The Kier molecular flexibility index (Phi) is 8.36. The van der Waals surface area contributed by atoms with Gasteiger partial charge in [-0.05, 0) is 57.4 Å². The molecule has 1 amide bonds. The molecule has 11 heteroatoms. The second kappa shape index (κ2) is 12.5. The van der Waals surface area contributed by atoms with E-state index in [4.69, 9.17) is 23.7 Å².